The van der Waals surface area contributed by atoms with Crippen LogP contribution in [0.1, 0.15) is 53.8 Å². The van der Waals surface area contributed by atoms with E-state index in [1.165, 1.54) is 4.90 Å². The number of halogens is 1. The summed E-state index contributed by atoms with van der Waals surface area (Å²) in [6.07, 6.45) is 1.48. The van der Waals surface area contributed by atoms with E-state index in [1.54, 1.807) is 24.1 Å². The van der Waals surface area contributed by atoms with Crippen LogP contribution in [0.25, 0.3) is 10.8 Å². The van der Waals surface area contributed by atoms with Crippen molar-refractivity contribution in [2.75, 3.05) is 20.1 Å². The number of imide groups is 1. The summed E-state index contributed by atoms with van der Waals surface area (Å²) in [5, 5.41) is 1.61. The van der Waals surface area contributed by atoms with Gasteiger partial charge in [0.25, 0.3) is 11.8 Å². The molecule has 0 spiro atoms. The Labute approximate surface area is 183 Å². The highest BCUT2D eigenvalue weighted by atomic mass is 35.5. The van der Waals surface area contributed by atoms with Crippen molar-refractivity contribution in [1.82, 2.24) is 9.80 Å². The first-order chi connectivity index (χ1) is 13.8. The monoisotopic (exact) mass is 431 g/mol. The molecule has 1 aliphatic heterocycles. The molecule has 1 aliphatic rings. The molecule has 2 N–H and O–H groups in total. The summed E-state index contributed by atoms with van der Waals surface area (Å²) in [6, 6.07) is 11.0. The number of nitrogens with two attached hydrogens (primary N) is 1. The number of benzene rings is 2. The zero-order valence-electron chi connectivity index (χ0n) is 17.8. The molecule has 2 aromatic carbocycles. The fraction of sp³-hybridized carbons (Fsp3) is 0.435. The van der Waals surface area contributed by atoms with Crippen LogP contribution in [0.2, 0.25) is 0 Å². The summed E-state index contributed by atoms with van der Waals surface area (Å²) in [5.74, 6) is -0.201. The molecule has 1 atom stereocenters. The molecule has 1 heterocycles. The fourth-order valence-electron chi connectivity index (χ4n) is 3.66. The molecule has 0 saturated heterocycles. The first-order valence-electron chi connectivity index (χ1n) is 10.2. The number of nitrogens with zero attached hydrogens (tertiary/aromatic N) is 2. The summed E-state index contributed by atoms with van der Waals surface area (Å²) in [6.45, 7) is 4.97. The molecule has 3 amide bonds. The van der Waals surface area contributed by atoms with Crippen LogP contribution in [0.15, 0.2) is 36.4 Å². The second kappa shape index (κ2) is 10.0. The van der Waals surface area contributed by atoms with Gasteiger partial charge in [-0.05, 0) is 36.3 Å². The minimum Gasteiger partial charge on any atom is -0.346 e. The van der Waals surface area contributed by atoms with Gasteiger partial charge in [0.1, 0.15) is 0 Å². The first-order valence-corrected chi connectivity index (χ1v) is 10.2. The van der Waals surface area contributed by atoms with Crippen molar-refractivity contribution in [2.24, 2.45) is 11.7 Å². The molecule has 0 radical (unpaired) electrons. The van der Waals surface area contributed by atoms with Gasteiger partial charge in [-0.2, -0.15) is 0 Å². The van der Waals surface area contributed by atoms with Crippen LogP contribution in [0.4, 0.5) is 0 Å². The Morgan fingerprint density at radius 2 is 1.63 bits per heavy atom. The molecular weight excluding hydrogens is 402 g/mol. The molecule has 0 saturated carbocycles. The maximum Gasteiger partial charge on any atom is 0.261 e. The quantitative estimate of drug-likeness (QED) is 0.648. The Balaban J connectivity index is 0.00000320. The van der Waals surface area contributed by atoms with E-state index in [0.717, 1.165) is 17.2 Å². The van der Waals surface area contributed by atoms with Crippen LogP contribution in [-0.2, 0) is 4.79 Å². The molecule has 7 heteroatoms. The molecule has 3 rings (SSSR count). The van der Waals surface area contributed by atoms with Crippen molar-refractivity contribution in [3.8, 4) is 0 Å². The van der Waals surface area contributed by atoms with Crippen LogP contribution in [0.5, 0.6) is 0 Å². The van der Waals surface area contributed by atoms with Crippen LogP contribution >= 0.6 is 12.4 Å². The Kier molecular flexibility index (Phi) is 7.98. The first kappa shape index (κ1) is 23.8. The number of rotatable bonds is 8. The van der Waals surface area contributed by atoms with Crippen molar-refractivity contribution in [3.63, 3.8) is 0 Å². The van der Waals surface area contributed by atoms with Crippen molar-refractivity contribution >= 4 is 40.9 Å². The van der Waals surface area contributed by atoms with Crippen molar-refractivity contribution in [1.29, 1.82) is 0 Å². The third-order valence-corrected chi connectivity index (χ3v) is 5.71. The lowest BCUT2D eigenvalue weighted by atomic mass is 9.94. The second-order valence-corrected chi connectivity index (χ2v) is 8.09. The fourth-order valence-corrected chi connectivity index (χ4v) is 3.66. The third-order valence-electron chi connectivity index (χ3n) is 5.71. The molecular formula is C23H30ClN3O3. The maximum atomic E-state index is 12.9. The van der Waals surface area contributed by atoms with Gasteiger partial charge in [-0.3, -0.25) is 19.3 Å². The molecule has 2 aromatic rings. The Morgan fingerprint density at radius 1 is 1.07 bits per heavy atom. The van der Waals surface area contributed by atoms with E-state index in [9.17, 15) is 14.4 Å². The topological polar surface area (TPSA) is 83.7 Å². The van der Waals surface area contributed by atoms with E-state index >= 15 is 0 Å². The lowest BCUT2D eigenvalue weighted by molar-refractivity contribution is -0.130. The Bertz CT molecular complexity index is 894. The van der Waals surface area contributed by atoms with Crippen molar-refractivity contribution < 1.29 is 14.4 Å². The van der Waals surface area contributed by atoms with Crippen LogP contribution in [0.3, 0.4) is 0 Å². The van der Waals surface area contributed by atoms with E-state index in [1.807, 2.05) is 24.3 Å². The van der Waals surface area contributed by atoms with Crippen LogP contribution < -0.4 is 5.73 Å². The number of carbonyl (C=O) groups is 3. The van der Waals surface area contributed by atoms with Crippen molar-refractivity contribution in [2.45, 2.75) is 39.2 Å². The summed E-state index contributed by atoms with van der Waals surface area (Å²) >= 11 is 0. The maximum absolute atomic E-state index is 12.9. The van der Waals surface area contributed by atoms with Gasteiger partial charge in [0, 0.05) is 49.1 Å². The largest absolute Gasteiger partial charge is 0.346 e. The van der Waals surface area contributed by atoms with Gasteiger partial charge >= 0.3 is 0 Å². The highest BCUT2D eigenvalue weighted by Gasteiger charge is 2.32. The number of hydrogen-bond donors (Lipinski definition) is 1. The van der Waals surface area contributed by atoms with Gasteiger partial charge in [0.15, 0.2) is 0 Å². The highest BCUT2D eigenvalue weighted by Crippen LogP contribution is 2.30. The molecule has 30 heavy (non-hydrogen) atoms. The normalized spacial score (nSPS) is 14.1. The molecule has 162 valence electrons. The predicted octanol–water partition coefficient (Wildman–Crippen LogP) is 3.47. The van der Waals surface area contributed by atoms with E-state index in [0.29, 0.717) is 30.0 Å². The average Bonchev–Trinajstić information content (AvgIpc) is 2.71. The van der Waals surface area contributed by atoms with E-state index in [2.05, 4.69) is 13.8 Å². The zero-order chi connectivity index (χ0) is 21.1. The van der Waals surface area contributed by atoms with E-state index in [4.69, 9.17) is 5.73 Å². The molecule has 0 aliphatic carbocycles. The van der Waals surface area contributed by atoms with E-state index in [-0.39, 0.29) is 49.1 Å². The van der Waals surface area contributed by atoms with Crippen LogP contribution in [0, 0.1) is 5.92 Å². The molecule has 0 fully saturated rings. The summed E-state index contributed by atoms with van der Waals surface area (Å²) in [4.78, 5) is 41.0. The standard InChI is InChI=1S/C23H29N3O3.ClH/c1-15(2)19(24)12-14-25(3)20(27)11-6-13-26-22(28)17-9-4-7-16-8-5-10-18(21(16)17)23(26)29;/h4-5,7-10,15,19H,6,11-14,24H2,1-3H3;1H. The lowest BCUT2D eigenvalue weighted by Crippen LogP contribution is -2.41. The van der Waals surface area contributed by atoms with Gasteiger partial charge in [0.2, 0.25) is 5.91 Å². The number of carbonyl (C=O) groups excluding carboxylic acids is 3. The van der Waals surface area contributed by atoms with E-state index < -0.39 is 0 Å². The SMILES string of the molecule is CC(C)C(N)CCN(C)C(=O)CCCN1C(=O)c2cccc3cccc(c23)C1=O.Cl. The van der Waals surface area contributed by atoms with Gasteiger partial charge in [0.05, 0.1) is 0 Å². The smallest absolute Gasteiger partial charge is 0.261 e. The summed E-state index contributed by atoms with van der Waals surface area (Å²) in [7, 11) is 1.77. The molecule has 0 aromatic heterocycles. The zero-order valence-corrected chi connectivity index (χ0v) is 18.6. The third kappa shape index (κ3) is 4.82. The second-order valence-electron chi connectivity index (χ2n) is 8.09. The summed E-state index contributed by atoms with van der Waals surface area (Å²) in [5.41, 5.74) is 7.13. The summed E-state index contributed by atoms with van der Waals surface area (Å²) < 4.78 is 0. The van der Waals surface area contributed by atoms with Crippen molar-refractivity contribution in [3.05, 3.63) is 47.5 Å². The highest BCUT2D eigenvalue weighted by molar-refractivity contribution is 6.25. The van der Waals surface area contributed by atoms with Gasteiger partial charge in [-0.1, -0.05) is 38.1 Å². The van der Waals surface area contributed by atoms with Gasteiger partial charge in [-0.25, -0.2) is 0 Å². The Morgan fingerprint density at radius 3 is 2.17 bits per heavy atom. The predicted molar refractivity (Wildman–Crippen MR) is 121 cm³/mol. The van der Waals surface area contributed by atoms with Gasteiger partial charge in [-0.15, -0.1) is 12.4 Å². The lowest BCUT2D eigenvalue weighted by Gasteiger charge is -2.27. The Hall–Kier alpha value is -2.44. The minimum atomic E-state index is -0.289. The van der Waals surface area contributed by atoms with Gasteiger partial charge < -0.3 is 10.6 Å². The molecule has 1 unspecified atom stereocenters. The average molecular weight is 432 g/mol. The number of hydrogen-bond acceptors (Lipinski definition) is 4. The van der Waals surface area contributed by atoms with Crippen LogP contribution in [-0.4, -0.2) is 53.7 Å². The molecule has 0 bridgehead atoms. The minimum absolute atomic E-state index is 0. The molecule has 6 nitrogen and oxygen atoms in total. The number of amides is 3.